The molecule has 0 aliphatic carbocycles. The highest BCUT2D eigenvalue weighted by Gasteiger charge is 2.14. The van der Waals surface area contributed by atoms with Crippen molar-refractivity contribution in [2.75, 3.05) is 25.8 Å². The Bertz CT molecular complexity index is 395. The first kappa shape index (κ1) is 13.7. The minimum Gasteiger partial charge on any atom is -0.497 e. The molecule has 0 radical (unpaired) electrons. The molecule has 0 unspecified atom stereocenters. The highest BCUT2D eigenvalue weighted by atomic mass is 32.2. The van der Waals surface area contributed by atoms with Crippen molar-refractivity contribution in [2.24, 2.45) is 0 Å². The van der Waals surface area contributed by atoms with E-state index in [9.17, 15) is 4.79 Å². The van der Waals surface area contributed by atoms with Gasteiger partial charge in [0.25, 0.3) is 0 Å². The van der Waals surface area contributed by atoms with Gasteiger partial charge in [-0.05, 0) is 25.3 Å². The number of amides is 1. The van der Waals surface area contributed by atoms with E-state index in [1.165, 1.54) is 11.8 Å². The van der Waals surface area contributed by atoms with Crippen molar-refractivity contribution in [3.05, 3.63) is 18.2 Å². The average Bonchev–Trinajstić information content (AvgIpc) is 2.37. The Kier molecular flexibility index (Phi) is 5.15. The second-order valence-corrected chi connectivity index (χ2v) is 4.61. The maximum absolute atomic E-state index is 11.8. The Balaban J connectivity index is 2.91. The summed E-state index contributed by atoms with van der Waals surface area (Å²) in [4.78, 5) is 11.8. The molecule has 1 atom stereocenters. The zero-order valence-electron chi connectivity index (χ0n) is 10.4. The fraction of sp³-hybridized carbons (Fsp3) is 0.417. The van der Waals surface area contributed by atoms with Gasteiger partial charge in [0.2, 0.25) is 5.91 Å². The van der Waals surface area contributed by atoms with Crippen LogP contribution >= 0.6 is 11.8 Å². The maximum Gasteiger partial charge on any atom is 0.237 e. The molecular weight excluding hydrogens is 238 g/mol. The normalized spacial score (nSPS) is 11.8. The van der Waals surface area contributed by atoms with Crippen LogP contribution in [0.15, 0.2) is 18.2 Å². The van der Waals surface area contributed by atoms with E-state index in [0.29, 0.717) is 17.2 Å². The van der Waals surface area contributed by atoms with Gasteiger partial charge in [-0.3, -0.25) is 4.79 Å². The van der Waals surface area contributed by atoms with Gasteiger partial charge >= 0.3 is 0 Å². The highest BCUT2D eigenvalue weighted by Crippen LogP contribution is 2.29. The molecule has 1 amide bonds. The monoisotopic (exact) mass is 255 g/mol. The number of hydrogen-bond donors (Lipinski definition) is 1. The Morgan fingerprint density at radius 3 is 2.59 bits per heavy atom. The number of hydrogen-bond acceptors (Lipinski definition) is 4. The van der Waals surface area contributed by atoms with Gasteiger partial charge < -0.3 is 14.8 Å². The number of carbonyl (C=O) groups is 1. The summed E-state index contributed by atoms with van der Waals surface area (Å²) < 4.78 is 10.3. The lowest BCUT2D eigenvalue weighted by Gasteiger charge is -2.13. The van der Waals surface area contributed by atoms with Crippen molar-refractivity contribution in [1.29, 1.82) is 0 Å². The number of ether oxygens (including phenoxy) is 2. The van der Waals surface area contributed by atoms with E-state index in [4.69, 9.17) is 9.47 Å². The summed E-state index contributed by atoms with van der Waals surface area (Å²) in [5, 5.41) is 2.72. The lowest BCUT2D eigenvalue weighted by atomic mass is 10.2. The molecule has 0 saturated heterocycles. The molecular formula is C12H17NO3S. The summed E-state index contributed by atoms with van der Waals surface area (Å²) in [6.45, 7) is 1.85. The van der Waals surface area contributed by atoms with Gasteiger partial charge in [0, 0.05) is 6.07 Å². The first-order valence-corrected chi connectivity index (χ1v) is 6.46. The third-order valence-corrected chi connectivity index (χ3v) is 3.31. The lowest BCUT2D eigenvalue weighted by molar-refractivity contribution is -0.115. The average molecular weight is 255 g/mol. The zero-order valence-corrected chi connectivity index (χ0v) is 11.3. The van der Waals surface area contributed by atoms with Crippen LogP contribution in [0.1, 0.15) is 6.92 Å². The fourth-order valence-corrected chi connectivity index (χ4v) is 1.53. The Morgan fingerprint density at radius 1 is 1.35 bits per heavy atom. The molecule has 5 heteroatoms. The predicted octanol–water partition coefficient (Wildman–Crippen LogP) is 2.39. The summed E-state index contributed by atoms with van der Waals surface area (Å²) in [5.74, 6) is 1.24. The summed E-state index contributed by atoms with van der Waals surface area (Å²) in [5.41, 5.74) is 0.623. The summed E-state index contributed by atoms with van der Waals surface area (Å²) >= 11 is 1.49. The highest BCUT2D eigenvalue weighted by molar-refractivity contribution is 7.99. The number of benzene rings is 1. The van der Waals surface area contributed by atoms with Gasteiger partial charge in [-0.2, -0.15) is 11.8 Å². The van der Waals surface area contributed by atoms with E-state index in [-0.39, 0.29) is 11.2 Å². The standard InChI is InChI=1S/C12H17NO3S/c1-8(17-4)12(14)13-10-7-9(15-2)5-6-11(10)16-3/h5-8H,1-4H3,(H,13,14)/t8-/m1/s1. The molecule has 1 aromatic carbocycles. The third kappa shape index (κ3) is 3.56. The van der Waals surface area contributed by atoms with Gasteiger partial charge in [0.1, 0.15) is 11.5 Å². The summed E-state index contributed by atoms with van der Waals surface area (Å²) in [6, 6.07) is 5.29. The van der Waals surface area contributed by atoms with E-state index >= 15 is 0 Å². The van der Waals surface area contributed by atoms with Crippen LogP contribution in [0.2, 0.25) is 0 Å². The predicted molar refractivity (Wildman–Crippen MR) is 71.2 cm³/mol. The van der Waals surface area contributed by atoms with Crippen LogP contribution in [0, 0.1) is 0 Å². The smallest absolute Gasteiger partial charge is 0.237 e. The fourth-order valence-electron chi connectivity index (χ4n) is 1.25. The SMILES string of the molecule is COc1ccc(OC)c(NC(=O)[C@@H](C)SC)c1. The van der Waals surface area contributed by atoms with Gasteiger partial charge in [0.05, 0.1) is 25.2 Å². The van der Waals surface area contributed by atoms with Gasteiger partial charge in [-0.15, -0.1) is 0 Å². The molecule has 4 nitrogen and oxygen atoms in total. The molecule has 0 bridgehead atoms. The lowest BCUT2D eigenvalue weighted by Crippen LogP contribution is -2.22. The largest absolute Gasteiger partial charge is 0.497 e. The molecule has 0 heterocycles. The molecule has 0 spiro atoms. The number of anilines is 1. The van der Waals surface area contributed by atoms with Crippen LogP contribution in [-0.2, 0) is 4.79 Å². The summed E-state index contributed by atoms with van der Waals surface area (Å²) in [6.07, 6.45) is 1.90. The van der Waals surface area contributed by atoms with Gasteiger partial charge in [-0.1, -0.05) is 0 Å². The second-order valence-electron chi connectivity index (χ2n) is 3.43. The quantitative estimate of drug-likeness (QED) is 0.877. The topological polar surface area (TPSA) is 47.6 Å². The van der Waals surface area contributed by atoms with E-state index < -0.39 is 0 Å². The number of thioether (sulfide) groups is 1. The van der Waals surface area contributed by atoms with Crippen LogP contribution < -0.4 is 14.8 Å². The molecule has 17 heavy (non-hydrogen) atoms. The van der Waals surface area contributed by atoms with Crippen molar-refractivity contribution in [3.63, 3.8) is 0 Å². The van der Waals surface area contributed by atoms with Crippen LogP contribution in [0.25, 0.3) is 0 Å². The number of nitrogens with one attached hydrogen (secondary N) is 1. The first-order chi connectivity index (χ1) is 8.12. The van der Waals surface area contributed by atoms with E-state index in [2.05, 4.69) is 5.32 Å². The Hall–Kier alpha value is -1.36. The Morgan fingerprint density at radius 2 is 2.06 bits per heavy atom. The van der Waals surface area contributed by atoms with Crippen molar-refractivity contribution < 1.29 is 14.3 Å². The molecule has 0 aliphatic heterocycles. The van der Waals surface area contributed by atoms with Crippen LogP contribution in [-0.4, -0.2) is 31.6 Å². The minimum atomic E-state index is -0.106. The molecule has 0 aliphatic rings. The second kappa shape index (κ2) is 6.39. The van der Waals surface area contributed by atoms with E-state index in [1.807, 2.05) is 13.2 Å². The maximum atomic E-state index is 11.8. The van der Waals surface area contributed by atoms with Crippen molar-refractivity contribution >= 4 is 23.4 Å². The molecule has 0 fully saturated rings. The number of methoxy groups -OCH3 is 2. The van der Waals surface area contributed by atoms with Crippen molar-refractivity contribution in [3.8, 4) is 11.5 Å². The molecule has 94 valence electrons. The Labute approximate surface area is 106 Å². The van der Waals surface area contributed by atoms with Crippen molar-refractivity contribution in [1.82, 2.24) is 0 Å². The van der Waals surface area contributed by atoms with Crippen LogP contribution in [0.4, 0.5) is 5.69 Å². The molecule has 1 N–H and O–H groups in total. The molecule has 0 saturated carbocycles. The number of rotatable bonds is 5. The number of carbonyl (C=O) groups excluding carboxylic acids is 1. The third-order valence-electron chi connectivity index (χ3n) is 2.39. The van der Waals surface area contributed by atoms with Crippen LogP contribution in [0.3, 0.4) is 0 Å². The zero-order chi connectivity index (χ0) is 12.8. The van der Waals surface area contributed by atoms with Gasteiger partial charge in [-0.25, -0.2) is 0 Å². The van der Waals surface area contributed by atoms with E-state index in [1.54, 1.807) is 32.4 Å². The molecule has 0 aromatic heterocycles. The summed E-state index contributed by atoms with van der Waals surface area (Å²) in [7, 11) is 3.15. The van der Waals surface area contributed by atoms with E-state index in [0.717, 1.165) is 0 Å². The molecule has 1 rings (SSSR count). The van der Waals surface area contributed by atoms with Gasteiger partial charge in [0.15, 0.2) is 0 Å². The first-order valence-electron chi connectivity index (χ1n) is 5.18. The minimum absolute atomic E-state index is 0.0518. The van der Waals surface area contributed by atoms with Crippen molar-refractivity contribution in [2.45, 2.75) is 12.2 Å². The van der Waals surface area contributed by atoms with Crippen LogP contribution in [0.5, 0.6) is 11.5 Å². The molecule has 1 aromatic rings.